The number of urea groups is 1. The second-order valence-electron chi connectivity index (χ2n) is 5.12. The van der Waals surface area contributed by atoms with Crippen molar-refractivity contribution in [3.05, 3.63) is 29.0 Å². The number of hydrogen-bond donors (Lipinski definition) is 2. The van der Waals surface area contributed by atoms with Gasteiger partial charge < -0.3 is 15.3 Å². The van der Waals surface area contributed by atoms with E-state index in [1.54, 1.807) is 4.90 Å². The van der Waals surface area contributed by atoms with Gasteiger partial charge in [0.05, 0.1) is 18.3 Å². The van der Waals surface area contributed by atoms with E-state index in [4.69, 9.17) is 11.6 Å². The molecule has 1 aliphatic heterocycles. The van der Waals surface area contributed by atoms with E-state index in [0.29, 0.717) is 11.6 Å². The van der Waals surface area contributed by atoms with E-state index in [9.17, 15) is 14.3 Å². The van der Waals surface area contributed by atoms with Crippen molar-refractivity contribution in [2.45, 2.75) is 25.8 Å². The van der Waals surface area contributed by atoms with Crippen molar-refractivity contribution in [3.63, 3.8) is 0 Å². The molecule has 1 saturated heterocycles. The van der Waals surface area contributed by atoms with Crippen LogP contribution in [0.2, 0.25) is 5.02 Å². The van der Waals surface area contributed by atoms with Crippen LogP contribution in [0.4, 0.5) is 14.9 Å². The average molecular weight is 301 g/mol. The second-order valence-corrected chi connectivity index (χ2v) is 5.55. The van der Waals surface area contributed by atoms with Gasteiger partial charge in [0.2, 0.25) is 0 Å². The summed E-state index contributed by atoms with van der Waals surface area (Å²) in [4.78, 5) is 13.8. The number of nitrogens with zero attached hydrogens (tertiary/aromatic N) is 1. The number of likely N-dealkylation sites (tertiary alicyclic amines) is 1. The molecule has 2 unspecified atom stereocenters. The summed E-state index contributed by atoms with van der Waals surface area (Å²) in [5, 5.41) is 12.3. The summed E-state index contributed by atoms with van der Waals surface area (Å²) in [6.07, 6.45) is 1.85. The predicted octanol–water partition coefficient (Wildman–Crippen LogP) is 3.10. The first kappa shape index (κ1) is 15.1. The maximum absolute atomic E-state index is 13.6. The molecule has 1 aromatic rings. The predicted molar refractivity (Wildman–Crippen MR) is 76.4 cm³/mol. The highest BCUT2D eigenvalue weighted by atomic mass is 35.5. The van der Waals surface area contributed by atoms with E-state index in [-0.39, 0.29) is 24.3 Å². The summed E-state index contributed by atoms with van der Waals surface area (Å²) < 4.78 is 13.6. The Morgan fingerprint density at radius 3 is 3.05 bits per heavy atom. The molecule has 1 aromatic carbocycles. The highest BCUT2D eigenvalue weighted by Crippen LogP contribution is 2.25. The van der Waals surface area contributed by atoms with Crippen LogP contribution in [0.25, 0.3) is 0 Å². The molecule has 0 spiro atoms. The zero-order valence-corrected chi connectivity index (χ0v) is 12.0. The lowest BCUT2D eigenvalue weighted by Crippen LogP contribution is -2.51. The number of aliphatic hydroxyl groups is 1. The van der Waals surface area contributed by atoms with Crippen LogP contribution in [0.3, 0.4) is 0 Å². The highest BCUT2D eigenvalue weighted by Gasteiger charge is 2.31. The molecule has 0 aromatic heterocycles. The number of hydrogen-bond acceptors (Lipinski definition) is 2. The van der Waals surface area contributed by atoms with Crippen molar-refractivity contribution < 1.29 is 14.3 Å². The SMILES string of the molecule is CC1CCCN(C(=O)Nc2cc(Cl)ccc2F)C1CO. The molecule has 2 N–H and O–H groups in total. The number of aliphatic hydroxyl groups excluding tert-OH is 1. The summed E-state index contributed by atoms with van der Waals surface area (Å²) in [6, 6.07) is 3.37. The van der Waals surface area contributed by atoms with Crippen LogP contribution in [-0.2, 0) is 0 Å². The van der Waals surface area contributed by atoms with Gasteiger partial charge in [0.25, 0.3) is 0 Å². The van der Waals surface area contributed by atoms with Gasteiger partial charge in [-0.1, -0.05) is 18.5 Å². The molecule has 2 rings (SSSR count). The van der Waals surface area contributed by atoms with E-state index in [0.717, 1.165) is 12.8 Å². The Kier molecular flexibility index (Phi) is 4.83. The Bertz CT molecular complexity index is 498. The molecule has 2 amide bonds. The van der Waals surface area contributed by atoms with Crippen molar-refractivity contribution in [1.82, 2.24) is 4.90 Å². The molecule has 20 heavy (non-hydrogen) atoms. The number of carbonyl (C=O) groups is 1. The second kappa shape index (κ2) is 6.41. The van der Waals surface area contributed by atoms with Gasteiger partial charge in [-0.2, -0.15) is 0 Å². The quantitative estimate of drug-likeness (QED) is 0.882. The number of amides is 2. The lowest BCUT2D eigenvalue weighted by molar-refractivity contribution is 0.0811. The van der Waals surface area contributed by atoms with Crippen LogP contribution < -0.4 is 5.32 Å². The highest BCUT2D eigenvalue weighted by molar-refractivity contribution is 6.30. The van der Waals surface area contributed by atoms with Crippen molar-refractivity contribution >= 4 is 23.3 Å². The van der Waals surface area contributed by atoms with Crippen molar-refractivity contribution in [2.24, 2.45) is 5.92 Å². The van der Waals surface area contributed by atoms with Crippen molar-refractivity contribution in [2.75, 3.05) is 18.5 Å². The molecule has 2 atom stereocenters. The summed E-state index contributed by atoms with van der Waals surface area (Å²) in [5.41, 5.74) is 0.0532. The zero-order chi connectivity index (χ0) is 14.7. The van der Waals surface area contributed by atoms with Crippen LogP contribution in [0.15, 0.2) is 18.2 Å². The summed E-state index contributed by atoms with van der Waals surface area (Å²) >= 11 is 5.79. The third-order valence-corrected chi connectivity index (χ3v) is 3.97. The average Bonchev–Trinajstić information content (AvgIpc) is 2.42. The third-order valence-electron chi connectivity index (χ3n) is 3.73. The van der Waals surface area contributed by atoms with Crippen LogP contribution in [0.1, 0.15) is 19.8 Å². The lowest BCUT2D eigenvalue weighted by Gasteiger charge is -2.38. The topological polar surface area (TPSA) is 52.6 Å². The standard InChI is InChI=1S/C14H18ClFN2O2/c1-9-3-2-6-18(13(9)8-19)14(20)17-12-7-10(15)4-5-11(12)16/h4-5,7,9,13,19H,2-3,6,8H2,1H3,(H,17,20). The minimum absolute atomic E-state index is 0.0532. The Morgan fingerprint density at radius 1 is 1.60 bits per heavy atom. The number of halogens is 2. The smallest absolute Gasteiger partial charge is 0.322 e. The number of rotatable bonds is 2. The first-order chi connectivity index (χ1) is 9.52. The fourth-order valence-corrected chi connectivity index (χ4v) is 2.73. The van der Waals surface area contributed by atoms with Gasteiger partial charge in [-0.15, -0.1) is 0 Å². The number of nitrogens with one attached hydrogen (secondary N) is 1. The fraction of sp³-hybridized carbons (Fsp3) is 0.500. The minimum Gasteiger partial charge on any atom is -0.394 e. The summed E-state index contributed by atoms with van der Waals surface area (Å²) in [6.45, 7) is 2.47. The van der Waals surface area contributed by atoms with E-state index in [1.807, 2.05) is 6.92 Å². The first-order valence-corrected chi connectivity index (χ1v) is 7.04. The lowest BCUT2D eigenvalue weighted by atomic mass is 9.91. The van der Waals surface area contributed by atoms with Crippen LogP contribution >= 0.6 is 11.6 Å². The van der Waals surface area contributed by atoms with Crippen LogP contribution in [-0.4, -0.2) is 35.2 Å². The molecule has 6 heteroatoms. The molecule has 4 nitrogen and oxygen atoms in total. The molecule has 0 aliphatic carbocycles. The van der Waals surface area contributed by atoms with E-state index in [2.05, 4.69) is 5.32 Å². The Hall–Kier alpha value is -1.33. The molecule has 1 aliphatic rings. The monoisotopic (exact) mass is 300 g/mol. The van der Waals surface area contributed by atoms with Gasteiger partial charge in [-0.05, 0) is 37.0 Å². The molecule has 0 radical (unpaired) electrons. The van der Waals surface area contributed by atoms with Gasteiger partial charge in [-0.25, -0.2) is 9.18 Å². The zero-order valence-electron chi connectivity index (χ0n) is 11.3. The van der Waals surface area contributed by atoms with Gasteiger partial charge >= 0.3 is 6.03 Å². The van der Waals surface area contributed by atoms with E-state index in [1.165, 1.54) is 18.2 Å². The van der Waals surface area contributed by atoms with Crippen LogP contribution in [0, 0.1) is 11.7 Å². The molecule has 0 bridgehead atoms. The summed E-state index contributed by atoms with van der Waals surface area (Å²) in [7, 11) is 0. The minimum atomic E-state index is -0.534. The molecule has 1 heterocycles. The van der Waals surface area contributed by atoms with Gasteiger partial charge in [0.15, 0.2) is 0 Å². The Labute approximate surface area is 122 Å². The van der Waals surface area contributed by atoms with E-state index >= 15 is 0 Å². The first-order valence-electron chi connectivity index (χ1n) is 6.66. The molecular formula is C14H18ClFN2O2. The number of piperidine rings is 1. The third kappa shape index (κ3) is 3.22. The maximum atomic E-state index is 13.6. The Morgan fingerprint density at radius 2 is 2.35 bits per heavy atom. The van der Waals surface area contributed by atoms with Crippen molar-refractivity contribution in [3.8, 4) is 0 Å². The molecule has 0 saturated carbocycles. The van der Waals surface area contributed by atoms with Gasteiger partial charge in [0.1, 0.15) is 5.82 Å². The molecular weight excluding hydrogens is 283 g/mol. The normalized spacial score (nSPS) is 22.7. The molecule has 1 fully saturated rings. The van der Waals surface area contributed by atoms with Crippen molar-refractivity contribution in [1.29, 1.82) is 0 Å². The van der Waals surface area contributed by atoms with Gasteiger partial charge in [-0.3, -0.25) is 0 Å². The fourth-order valence-electron chi connectivity index (χ4n) is 2.56. The Balaban J connectivity index is 2.12. The number of anilines is 1. The van der Waals surface area contributed by atoms with E-state index < -0.39 is 11.8 Å². The largest absolute Gasteiger partial charge is 0.394 e. The number of benzene rings is 1. The van der Waals surface area contributed by atoms with Crippen LogP contribution in [0.5, 0.6) is 0 Å². The maximum Gasteiger partial charge on any atom is 0.322 e. The number of carbonyl (C=O) groups excluding carboxylic acids is 1. The summed E-state index contributed by atoms with van der Waals surface area (Å²) in [5.74, 6) is -0.308. The molecule has 110 valence electrons. The van der Waals surface area contributed by atoms with Gasteiger partial charge in [0, 0.05) is 11.6 Å².